The molecule has 1 heterocycles. The summed E-state index contributed by atoms with van der Waals surface area (Å²) in [5.74, 6) is -0.252. The van der Waals surface area contributed by atoms with Gasteiger partial charge in [0.05, 0.1) is 11.6 Å². The van der Waals surface area contributed by atoms with Gasteiger partial charge < -0.3 is 16.0 Å². The number of hydrogen-bond donors (Lipinski definition) is 3. The highest BCUT2D eigenvalue weighted by atomic mass is 16.2. The average Bonchev–Trinajstić information content (AvgIpc) is 2.74. The van der Waals surface area contributed by atoms with Crippen molar-refractivity contribution in [1.29, 1.82) is 0 Å². The predicted octanol–water partition coefficient (Wildman–Crippen LogP) is 4.62. The standard InChI is InChI=1S/C24H21N3O2/c1-16-21(23(28)26-20-10-6-3-7-11-20)22(27-24(29)25-16)19-14-12-18(13-15-19)17-8-4-2-5-9-17/h2-15,22H,1H3,(H,26,28)(H2,25,27,29). The van der Waals surface area contributed by atoms with Gasteiger partial charge >= 0.3 is 6.03 Å². The van der Waals surface area contributed by atoms with Gasteiger partial charge in [-0.2, -0.15) is 0 Å². The summed E-state index contributed by atoms with van der Waals surface area (Å²) in [5, 5.41) is 8.48. The lowest BCUT2D eigenvalue weighted by Crippen LogP contribution is -2.45. The Balaban J connectivity index is 1.64. The molecule has 0 saturated carbocycles. The maximum Gasteiger partial charge on any atom is 0.319 e. The molecule has 3 N–H and O–H groups in total. The Morgan fingerprint density at radius 2 is 1.41 bits per heavy atom. The van der Waals surface area contributed by atoms with Crippen molar-refractivity contribution in [3.63, 3.8) is 0 Å². The first-order chi connectivity index (χ1) is 14.1. The molecular weight excluding hydrogens is 362 g/mol. The summed E-state index contributed by atoms with van der Waals surface area (Å²) in [5.41, 5.74) is 4.76. The molecule has 29 heavy (non-hydrogen) atoms. The second kappa shape index (κ2) is 8.02. The molecule has 0 aromatic heterocycles. The Morgan fingerprint density at radius 1 is 0.828 bits per heavy atom. The van der Waals surface area contributed by atoms with Crippen LogP contribution in [0.3, 0.4) is 0 Å². The zero-order valence-electron chi connectivity index (χ0n) is 16.0. The molecule has 5 heteroatoms. The zero-order valence-corrected chi connectivity index (χ0v) is 16.0. The topological polar surface area (TPSA) is 70.2 Å². The van der Waals surface area contributed by atoms with Gasteiger partial charge in [0, 0.05) is 11.4 Å². The second-order valence-corrected chi connectivity index (χ2v) is 6.88. The van der Waals surface area contributed by atoms with Crippen molar-refractivity contribution in [1.82, 2.24) is 10.6 Å². The molecule has 1 atom stereocenters. The van der Waals surface area contributed by atoms with E-state index in [0.717, 1.165) is 16.7 Å². The highest BCUT2D eigenvalue weighted by molar-refractivity contribution is 6.06. The van der Waals surface area contributed by atoms with E-state index in [1.165, 1.54) is 0 Å². The third kappa shape index (κ3) is 4.04. The number of carbonyl (C=O) groups is 2. The van der Waals surface area contributed by atoms with Crippen molar-refractivity contribution in [2.24, 2.45) is 0 Å². The smallest absolute Gasteiger partial charge is 0.319 e. The predicted molar refractivity (Wildman–Crippen MR) is 114 cm³/mol. The Labute approximate surface area is 169 Å². The zero-order chi connectivity index (χ0) is 20.2. The summed E-state index contributed by atoms with van der Waals surface area (Å²) in [6.07, 6.45) is 0. The Morgan fingerprint density at radius 3 is 2.07 bits per heavy atom. The van der Waals surface area contributed by atoms with Crippen LogP contribution in [-0.2, 0) is 4.79 Å². The van der Waals surface area contributed by atoms with Gasteiger partial charge in [0.15, 0.2) is 0 Å². The van der Waals surface area contributed by atoms with E-state index in [0.29, 0.717) is 17.0 Å². The minimum absolute atomic E-state index is 0.252. The normalized spacial score (nSPS) is 16.0. The van der Waals surface area contributed by atoms with Gasteiger partial charge in [-0.25, -0.2) is 4.79 Å². The number of hydrogen-bond acceptors (Lipinski definition) is 2. The fourth-order valence-corrected chi connectivity index (χ4v) is 3.46. The van der Waals surface area contributed by atoms with Crippen LogP contribution < -0.4 is 16.0 Å². The molecule has 0 saturated heterocycles. The Hall–Kier alpha value is -3.86. The minimum Gasteiger partial charge on any atom is -0.327 e. The average molecular weight is 383 g/mol. The fourth-order valence-electron chi connectivity index (χ4n) is 3.46. The Kier molecular flexibility index (Phi) is 5.12. The van der Waals surface area contributed by atoms with Crippen LogP contribution in [0.25, 0.3) is 11.1 Å². The van der Waals surface area contributed by atoms with E-state index in [2.05, 4.69) is 16.0 Å². The van der Waals surface area contributed by atoms with E-state index in [-0.39, 0.29) is 11.9 Å². The lowest BCUT2D eigenvalue weighted by molar-refractivity contribution is -0.113. The molecule has 3 aromatic carbocycles. The molecule has 1 aliphatic heterocycles. The van der Waals surface area contributed by atoms with Crippen LogP contribution in [0, 0.1) is 0 Å². The number of para-hydroxylation sites is 1. The number of nitrogens with one attached hydrogen (secondary N) is 3. The van der Waals surface area contributed by atoms with Crippen LogP contribution in [0.2, 0.25) is 0 Å². The molecule has 5 nitrogen and oxygen atoms in total. The number of amides is 3. The molecule has 3 aromatic rings. The van der Waals surface area contributed by atoms with E-state index in [9.17, 15) is 9.59 Å². The monoisotopic (exact) mass is 383 g/mol. The van der Waals surface area contributed by atoms with Gasteiger partial charge in [-0.1, -0.05) is 72.8 Å². The molecule has 0 radical (unpaired) electrons. The first kappa shape index (κ1) is 18.5. The van der Waals surface area contributed by atoms with Gasteiger partial charge in [-0.05, 0) is 35.7 Å². The van der Waals surface area contributed by atoms with Gasteiger partial charge in [0.25, 0.3) is 5.91 Å². The molecule has 0 aliphatic carbocycles. The Bertz CT molecular complexity index is 1060. The summed E-state index contributed by atoms with van der Waals surface area (Å²) in [6, 6.07) is 26.4. The van der Waals surface area contributed by atoms with Gasteiger partial charge in [0.1, 0.15) is 0 Å². The maximum atomic E-state index is 13.0. The molecule has 0 bridgehead atoms. The minimum atomic E-state index is -0.530. The molecule has 144 valence electrons. The number of allylic oxidation sites excluding steroid dienone is 1. The summed E-state index contributed by atoms with van der Waals surface area (Å²) >= 11 is 0. The number of benzene rings is 3. The summed E-state index contributed by atoms with van der Waals surface area (Å²) < 4.78 is 0. The van der Waals surface area contributed by atoms with Crippen molar-refractivity contribution < 1.29 is 9.59 Å². The molecule has 0 fully saturated rings. The van der Waals surface area contributed by atoms with Crippen LogP contribution in [0.1, 0.15) is 18.5 Å². The molecule has 1 unspecified atom stereocenters. The highest BCUT2D eigenvalue weighted by Crippen LogP contribution is 2.29. The maximum absolute atomic E-state index is 13.0. The van der Waals surface area contributed by atoms with Crippen LogP contribution in [0.15, 0.2) is 96.2 Å². The first-order valence-electron chi connectivity index (χ1n) is 9.42. The van der Waals surface area contributed by atoms with Crippen LogP contribution >= 0.6 is 0 Å². The first-order valence-corrected chi connectivity index (χ1v) is 9.42. The van der Waals surface area contributed by atoms with E-state index >= 15 is 0 Å². The van der Waals surface area contributed by atoms with Crippen LogP contribution in [0.4, 0.5) is 10.5 Å². The summed E-state index contributed by atoms with van der Waals surface area (Å²) in [4.78, 5) is 25.1. The number of carbonyl (C=O) groups excluding carboxylic acids is 2. The third-order valence-electron chi connectivity index (χ3n) is 4.90. The van der Waals surface area contributed by atoms with E-state index in [1.54, 1.807) is 6.92 Å². The van der Waals surface area contributed by atoms with E-state index < -0.39 is 6.04 Å². The van der Waals surface area contributed by atoms with E-state index in [1.807, 2.05) is 84.9 Å². The highest BCUT2D eigenvalue weighted by Gasteiger charge is 2.31. The van der Waals surface area contributed by atoms with E-state index in [4.69, 9.17) is 0 Å². The van der Waals surface area contributed by atoms with Crippen molar-refractivity contribution in [2.45, 2.75) is 13.0 Å². The number of rotatable bonds is 4. The van der Waals surface area contributed by atoms with Gasteiger partial charge in [-0.15, -0.1) is 0 Å². The lowest BCUT2D eigenvalue weighted by atomic mass is 9.93. The molecular formula is C24H21N3O2. The van der Waals surface area contributed by atoms with Crippen molar-refractivity contribution in [2.75, 3.05) is 5.32 Å². The largest absolute Gasteiger partial charge is 0.327 e. The molecule has 4 rings (SSSR count). The number of anilines is 1. The SMILES string of the molecule is CC1=C(C(=O)Nc2ccccc2)C(c2ccc(-c3ccccc3)cc2)NC(=O)N1. The quantitative estimate of drug-likeness (QED) is 0.615. The molecule has 0 spiro atoms. The second-order valence-electron chi connectivity index (χ2n) is 6.88. The molecule has 1 aliphatic rings. The fraction of sp³-hybridized carbons (Fsp3) is 0.0833. The van der Waals surface area contributed by atoms with Crippen LogP contribution in [-0.4, -0.2) is 11.9 Å². The molecule has 3 amide bonds. The number of urea groups is 1. The lowest BCUT2D eigenvalue weighted by Gasteiger charge is -2.28. The van der Waals surface area contributed by atoms with Crippen molar-refractivity contribution >= 4 is 17.6 Å². The van der Waals surface area contributed by atoms with Crippen LogP contribution in [0.5, 0.6) is 0 Å². The summed E-state index contributed by atoms with van der Waals surface area (Å²) in [7, 11) is 0. The third-order valence-corrected chi connectivity index (χ3v) is 4.90. The van der Waals surface area contributed by atoms with Gasteiger partial charge in [0.2, 0.25) is 0 Å². The van der Waals surface area contributed by atoms with Crippen molar-refractivity contribution in [3.8, 4) is 11.1 Å². The van der Waals surface area contributed by atoms with Gasteiger partial charge in [-0.3, -0.25) is 4.79 Å². The van der Waals surface area contributed by atoms with Crippen molar-refractivity contribution in [3.05, 3.63) is 102 Å². The summed E-state index contributed by atoms with van der Waals surface area (Å²) in [6.45, 7) is 1.74.